The SMILES string of the molecule is [N-]=[N+]=NCC=Cc1nc(Cl)cnc1N. The summed E-state index contributed by atoms with van der Waals surface area (Å²) < 4.78 is 0. The molecule has 0 amide bonds. The van der Waals surface area contributed by atoms with Crippen molar-refractivity contribution in [2.24, 2.45) is 5.11 Å². The van der Waals surface area contributed by atoms with Gasteiger partial charge in [0.25, 0.3) is 0 Å². The first-order valence-electron chi connectivity index (χ1n) is 3.69. The summed E-state index contributed by atoms with van der Waals surface area (Å²) >= 11 is 5.61. The standard InChI is InChI=1S/C7H7ClN6/c8-6-4-11-7(9)5(13-6)2-1-3-12-14-10/h1-2,4H,3H2,(H2,9,11). The third kappa shape index (κ3) is 2.93. The predicted octanol–water partition coefficient (Wildman–Crippen LogP) is 2.04. The molecule has 0 radical (unpaired) electrons. The fraction of sp³-hybridized carbons (Fsp3) is 0.143. The van der Waals surface area contributed by atoms with E-state index in [4.69, 9.17) is 22.9 Å². The molecule has 0 aromatic carbocycles. The highest BCUT2D eigenvalue weighted by Crippen LogP contribution is 2.10. The van der Waals surface area contributed by atoms with Crippen molar-refractivity contribution in [1.29, 1.82) is 0 Å². The molecule has 0 saturated carbocycles. The lowest BCUT2D eigenvalue weighted by molar-refractivity contribution is 1.18. The van der Waals surface area contributed by atoms with E-state index in [1.165, 1.54) is 6.20 Å². The molecule has 1 heterocycles. The number of halogens is 1. The highest BCUT2D eigenvalue weighted by Gasteiger charge is 1.98. The van der Waals surface area contributed by atoms with E-state index < -0.39 is 0 Å². The van der Waals surface area contributed by atoms with Crippen molar-refractivity contribution in [3.05, 3.63) is 33.6 Å². The van der Waals surface area contributed by atoms with Gasteiger partial charge in [-0.3, -0.25) is 0 Å². The zero-order chi connectivity index (χ0) is 10.4. The van der Waals surface area contributed by atoms with Crippen LogP contribution in [0.5, 0.6) is 0 Å². The van der Waals surface area contributed by atoms with Gasteiger partial charge in [-0.15, -0.1) is 0 Å². The number of nitrogen functional groups attached to an aromatic ring is 1. The van der Waals surface area contributed by atoms with Crippen LogP contribution in [-0.2, 0) is 0 Å². The molecule has 1 aromatic rings. The topological polar surface area (TPSA) is 101 Å². The molecule has 72 valence electrons. The second-order valence-corrected chi connectivity index (χ2v) is 2.67. The molecule has 0 fully saturated rings. The van der Waals surface area contributed by atoms with Crippen LogP contribution in [0.25, 0.3) is 16.5 Å². The lowest BCUT2D eigenvalue weighted by atomic mass is 10.3. The van der Waals surface area contributed by atoms with Crippen molar-refractivity contribution >= 4 is 23.5 Å². The molecule has 0 aliphatic heterocycles. The van der Waals surface area contributed by atoms with Gasteiger partial charge in [0.2, 0.25) is 0 Å². The number of nitrogens with zero attached hydrogens (tertiary/aromatic N) is 5. The van der Waals surface area contributed by atoms with Crippen molar-refractivity contribution in [3.8, 4) is 0 Å². The number of hydrogen-bond donors (Lipinski definition) is 1. The maximum Gasteiger partial charge on any atom is 0.149 e. The van der Waals surface area contributed by atoms with Crippen molar-refractivity contribution in [1.82, 2.24) is 9.97 Å². The summed E-state index contributed by atoms with van der Waals surface area (Å²) in [5.41, 5.74) is 14.0. The van der Waals surface area contributed by atoms with Crippen molar-refractivity contribution < 1.29 is 0 Å². The summed E-state index contributed by atoms with van der Waals surface area (Å²) in [4.78, 5) is 10.3. The molecule has 7 heteroatoms. The summed E-state index contributed by atoms with van der Waals surface area (Å²) in [7, 11) is 0. The Bertz CT molecular complexity index is 395. The van der Waals surface area contributed by atoms with Gasteiger partial charge in [-0.25, -0.2) is 9.97 Å². The van der Waals surface area contributed by atoms with E-state index in [2.05, 4.69) is 20.0 Å². The number of azide groups is 1. The molecule has 1 aromatic heterocycles. The molecule has 0 atom stereocenters. The number of rotatable bonds is 3. The Labute approximate surface area is 85.1 Å². The smallest absolute Gasteiger partial charge is 0.149 e. The lowest BCUT2D eigenvalue weighted by Crippen LogP contribution is -1.96. The van der Waals surface area contributed by atoms with E-state index in [1.54, 1.807) is 12.2 Å². The molecular formula is C7H7ClN6. The third-order valence-corrected chi connectivity index (χ3v) is 1.51. The van der Waals surface area contributed by atoms with Gasteiger partial charge in [0, 0.05) is 11.5 Å². The van der Waals surface area contributed by atoms with Gasteiger partial charge in [0.15, 0.2) is 0 Å². The monoisotopic (exact) mass is 210 g/mol. The zero-order valence-corrected chi connectivity index (χ0v) is 7.89. The Morgan fingerprint density at radius 1 is 1.71 bits per heavy atom. The van der Waals surface area contributed by atoms with Crippen molar-refractivity contribution in [2.75, 3.05) is 12.3 Å². The van der Waals surface area contributed by atoms with Gasteiger partial charge in [0.05, 0.1) is 6.20 Å². The maximum atomic E-state index is 8.01. The van der Waals surface area contributed by atoms with Gasteiger partial charge in [-0.05, 0) is 11.6 Å². The number of aromatic nitrogens is 2. The quantitative estimate of drug-likeness (QED) is 0.469. The first-order valence-corrected chi connectivity index (χ1v) is 4.07. The normalized spacial score (nSPS) is 10.1. The van der Waals surface area contributed by atoms with Crippen LogP contribution in [0.4, 0.5) is 5.82 Å². The summed E-state index contributed by atoms with van der Waals surface area (Å²) in [6, 6.07) is 0. The minimum absolute atomic E-state index is 0.240. The first-order chi connectivity index (χ1) is 6.74. The van der Waals surface area contributed by atoms with Crippen LogP contribution in [-0.4, -0.2) is 16.5 Å². The second kappa shape index (κ2) is 5.06. The Hall–Kier alpha value is -1.78. The van der Waals surface area contributed by atoms with Crippen LogP contribution >= 0.6 is 11.6 Å². The molecule has 2 N–H and O–H groups in total. The second-order valence-electron chi connectivity index (χ2n) is 2.28. The molecule has 0 unspecified atom stereocenters. The minimum atomic E-state index is 0.240. The molecule has 0 aliphatic carbocycles. The molecule has 1 rings (SSSR count). The van der Waals surface area contributed by atoms with Gasteiger partial charge in [-0.1, -0.05) is 22.8 Å². The lowest BCUT2D eigenvalue weighted by Gasteiger charge is -1.97. The van der Waals surface area contributed by atoms with E-state index in [0.717, 1.165) is 0 Å². The van der Waals surface area contributed by atoms with Crippen LogP contribution in [0, 0.1) is 0 Å². The van der Waals surface area contributed by atoms with Crippen molar-refractivity contribution in [3.63, 3.8) is 0 Å². The largest absolute Gasteiger partial charge is 0.382 e. The Kier molecular flexibility index (Phi) is 3.72. The maximum absolute atomic E-state index is 8.01. The third-order valence-electron chi connectivity index (χ3n) is 1.33. The highest BCUT2D eigenvalue weighted by atomic mass is 35.5. The number of nitrogens with two attached hydrogens (primary N) is 1. The van der Waals surface area contributed by atoms with Gasteiger partial charge >= 0.3 is 0 Å². The summed E-state index contributed by atoms with van der Waals surface area (Å²) in [6.45, 7) is 0.240. The fourth-order valence-corrected chi connectivity index (χ4v) is 0.901. The van der Waals surface area contributed by atoms with Gasteiger partial charge in [0.1, 0.15) is 16.7 Å². The molecule has 0 saturated heterocycles. The molecule has 14 heavy (non-hydrogen) atoms. The summed E-state index contributed by atoms with van der Waals surface area (Å²) in [5, 5.41) is 3.58. The molecule has 6 nitrogen and oxygen atoms in total. The van der Waals surface area contributed by atoms with E-state index in [9.17, 15) is 0 Å². The first kappa shape index (κ1) is 10.3. The molecular weight excluding hydrogens is 204 g/mol. The van der Waals surface area contributed by atoms with Crippen LogP contribution < -0.4 is 5.73 Å². The van der Waals surface area contributed by atoms with Crippen molar-refractivity contribution in [2.45, 2.75) is 0 Å². The Morgan fingerprint density at radius 3 is 3.21 bits per heavy atom. The van der Waals surface area contributed by atoms with Crippen LogP contribution in [0.2, 0.25) is 5.15 Å². The summed E-state index contributed by atoms with van der Waals surface area (Å²) in [5.74, 6) is 0.284. The van der Waals surface area contributed by atoms with E-state index >= 15 is 0 Å². The molecule has 0 aliphatic rings. The van der Waals surface area contributed by atoms with Crippen LogP contribution in [0.15, 0.2) is 17.4 Å². The van der Waals surface area contributed by atoms with E-state index in [1.807, 2.05) is 0 Å². The zero-order valence-electron chi connectivity index (χ0n) is 7.13. The minimum Gasteiger partial charge on any atom is -0.382 e. The van der Waals surface area contributed by atoms with E-state index in [-0.39, 0.29) is 17.5 Å². The van der Waals surface area contributed by atoms with Gasteiger partial charge in [-0.2, -0.15) is 0 Å². The summed E-state index contributed by atoms with van der Waals surface area (Å²) in [6.07, 6.45) is 4.58. The van der Waals surface area contributed by atoms with E-state index in [0.29, 0.717) is 5.69 Å². The number of anilines is 1. The predicted molar refractivity (Wildman–Crippen MR) is 54.5 cm³/mol. The van der Waals surface area contributed by atoms with Crippen LogP contribution in [0.3, 0.4) is 0 Å². The average Bonchev–Trinajstić information content (AvgIpc) is 2.18. The van der Waals surface area contributed by atoms with Crippen LogP contribution in [0.1, 0.15) is 5.69 Å². The Morgan fingerprint density at radius 2 is 2.50 bits per heavy atom. The number of hydrogen-bond acceptors (Lipinski definition) is 4. The molecule has 0 bridgehead atoms. The average molecular weight is 211 g/mol. The fourth-order valence-electron chi connectivity index (χ4n) is 0.761. The Balaban J connectivity index is 2.79. The highest BCUT2D eigenvalue weighted by molar-refractivity contribution is 6.29. The van der Waals surface area contributed by atoms with Gasteiger partial charge < -0.3 is 5.73 Å². The molecule has 0 spiro atoms.